The second-order valence-corrected chi connectivity index (χ2v) is 43.5. The Hall–Kier alpha value is -9.66. The quantitative estimate of drug-likeness (QED) is 0.0194. The van der Waals surface area contributed by atoms with Crippen LogP contribution < -0.4 is 26.6 Å². The van der Waals surface area contributed by atoms with E-state index in [9.17, 15) is 53.1 Å². The van der Waals surface area contributed by atoms with E-state index >= 15 is 4.79 Å². The third-order valence-electron chi connectivity index (χ3n) is 24.3. The molecule has 6 N–H and O–H groups in total. The van der Waals surface area contributed by atoms with Crippen LogP contribution >= 0.6 is 0 Å². The molecule has 8 aliphatic rings. The molecule has 8 rings (SSSR count). The monoisotopic (exact) mass is 1940 g/mol. The molecule has 36 heteroatoms. The Morgan fingerprint density at radius 3 is 1.14 bits per heavy atom. The normalized spacial score (nSPS) is 19.8. The van der Waals surface area contributed by atoms with Crippen molar-refractivity contribution in [1.29, 1.82) is 0 Å². The molecule has 2 unspecified atom stereocenters. The van der Waals surface area contributed by atoms with Crippen molar-refractivity contribution in [2.45, 2.75) is 264 Å². The number of carbonyl (C=O) groups excluding carboxylic acids is 11. The van der Waals surface area contributed by atoms with Crippen LogP contribution in [0.1, 0.15) is 224 Å². The Morgan fingerprint density at radius 1 is 0.446 bits per heavy atom. The van der Waals surface area contributed by atoms with E-state index in [2.05, 4.69) is 80.3 Å². The lowest BCUT2D eigenvalue weighted by atomic mass is 9.86. The number of rotatable bonds is 37. The molecule has 8 bridgehead atoms. The van der Waals surface area contributed by atoms with Gasteiger partial charge in [0.15, 0.2) is 0 Å². The Bertz CT molecular complexity index is 4500. The number of esters is 6. The Labute approximate surface area is 825 Å². The summed E-state index contributed by atoms with van der Waals surface area (Å²) in [6.45, 7) is 50.6. The van der Waals surface area contributed by atoms with Gasteiger partial charge in [-0.1, -0.05) is 40.0 Å². The van der Waals surface area contributed by atoms with Gasteiger partial charge in [0.1, 0.15) is 52.5 Å². The van der Waals surface area contributed by atoms with Crippen LogP contribution in [0.4, 0.5) is 0 Å². The molecule has 0 aromatic rings. The molecule has 0 aromatic heterocycles. The zero-order valence-electron chi connectivity index (χ0n) is 88.2. The third kappa shape index (κ3) is 39.3. The van der Waals surface area contributed by atoms with Gasteiger partial charge in [0.2, 0.25) is 29.5 Å². The highest BCUT2D eigenvalue weighted by Crippen LogP contribution is 2.47. The molecule has 139 heavy (non-hydrogen) atoms. The van der Waals surface area contributed by atoms with Gasteiger partial charge < -0.3 is 69.7 Å². The van der Waals surface area contributed by atoms with Crippen molar-refractivity contribution in [2.24, 2.45) is 26.8 Å². The summed E-state index contributed by atoms with van der Waals surface area (Å²) in [6.07, 6.45) is 10.9. The van der Waals surface area contributed by atoms with Crippen molar-refractivity contribution in [1.82, 2.24) is 70.7 Å². The molecule has 1 aliphatic carbocycles. The van der Waals surface area contributed by atoms with Gasteiger partial charge in [-0.05, 0) is 212 Å². The van der Waals surface area contributed by atoms with Crippen LogP contribution in [0, 0.1) is 11.8 Å². The number of aliphatic imine (C=N–C) groups is 3. The van der Waals surface area contributed by atoms with Crippen LogP contribution in [-0.4, -0.2) is 374 Å². The van der Waals surface area contributed by atoms with Gasteiger partial charge in [-0.25, -0.2) is 15.0 Å². The maximum absolute atomic E-state index is 15.4. The minimum absolute atomic E-state index is 0.0388. The number of nitrogens with one attached hydrogen (secondary N) is 5. The van der Waals surface area contributed by atoms with E-state index in [1.165, 1.54) is 4.90 Å². The highest BCUT2D eigenvalue weighted by atomic mass is 16.6. The summed E-state index contributed by atoms with van der Waals surface area (Å²) in [6, 6.07) is 0. The van der Waals surface area contributed by atoms with E-state index in [0.29, 0.717) is 135 Å². The number of nitrogens with zero attached hydrogens (tertiary/aromatic N) is 12. The maximum Gasteiger partial charge on any atom is 0.320 e. The van der Waals surface area contributed by atoms with E-state index in [-0.39, 0.29) is 116 Å². The highest BCUT2D eigenvalue weighted by Gasteiger charge is 2.43. The second-order valence-electron chi connectivity index (χ2n) is 43.5. The number of hydrogen-bond donors (Lipinski definition) is 6. The van der Waals surface area contributed by atoms with Crippen molar-refractivity contribution < 1.29 is 91.0 Å². The molecule has 776 valence electrons. The van der Waals surface area contributed by atoms with E-state index in [0.717, 1.165) is 93.3 Å². The standard InChI is InChI=1S/C103H165N17O19/c1-26-28-29-30-53-133-72(7)94-70(5)78-55-77-69(4)74(96(110-77)75-54-82(121)95-71(6)79(111-97(75)95)56-80-73(27-2)68(3)76(108-80)57-81(94)109-78)31-32-87(126)120(60-85(124)106-35-33-104-83(122)58-112-37-41-114(62-88(127)134-98(8,9)10)45-49-118(66-92(131)138-102(20,21)22)50-46-115(42-38-112)63-89(128)135-99(11,12)13)61-86(125)107-36-34-105-84(123)59-113-39-43-116(64-90(129)136-100(14,15)16)47-51-119(67-93(132)139-103(23,24)25)52-48-117(44-40-113)65-91(130)137-101(17,18)19/h55-57,69,72,74,110,121H,26-54,58-67H2,1-25H3,(H,104,122)(H,105,123)(H,106,124)(H,107,125)/t69?,72?,74-/m0/s1. The predicted molar refractivity (Wildman–Crippen MR) is 536 cm³/mol. The van der Waals surface area contributed by atoms with Crippen molar-refractivity contribution in [3.05, 3.63) is 91.5 Å². The van der Waals surface area contributed by atoms with Crippen LogP contribution in [0.2, 0.25) is 0 Å². The van der Waals surface area contributed by atoms with Gasteiger partial charge >= 0.3 is 35.8 Å². The first kappa shape index (κ1) is 115. The van der Waals surface area contributed by atoms with Gasteiger partial charge in [0.25, 0.3) is 0 Å². The molecule has 3 saturated heterocycles. The van der Waals surface area contributed by atoms with E-state index in [1.54, 1.807) is 125 Å². The summed E-state index contributed by atoms with van der Waals surface area (Å²) < 4.78 is 41.1. The summed E-state index contributed by atoms with van der Waals surface area (Å²) in [5, 5.41) is 27.4. The molecule has 0 spiro atoms. The molecule has 7 heterocycles. The van der Waals surface area contributed by atoms with Crippen LogP contribution in [0.15, 0.2) is 106 Å². The molecule has 7 aliphatic heterocycles. The number of fused-ring (bicyclic) bond motifs is 5. The Kier molecular flexibility index (Phi) is 42.8. The third-order valence-corrected chi connectivity index (χ3v) is 24.3. The summed E-state index contributed by atoms with van der Waals surface area (Å²) >= 11 is 0. The number of allylic oxidation sites excluding steroid dienone is 11. The number of carbonyl (C=O) groups is 11. The predicted octanol–water partition coefficient (Wildman–Crippen LogP) is 8.21. The molecule has 3 atom stereocenters. The van der Waals surface area contributed by atoms with Crippen LogP contribution in [0.25, 0.3) is 0 Å². The van der Waals surface area contributed by atoms with Gasteiger partial charge in [-0.15, -0.1) is 0 Å². The minimum Gasteiger partial charge on any atom is -0.511 e. The zero-order valence-corrected chi connectivity index (χ0v) is 88.2. The number of aliphatic hydroxyl groups is 1. The van der Waals surface area contributed by atoms with Crippen molar-refractivity contribution in [3.8, 4) is 0 Å². The zero-order chi connectivity index (χ0) is 103. The molecular formula is C103H165N17O19. The molecule has 0 aromatic carbocycles. The first-order valence-electron chi connectivity index (χ1n) is 50.0. The molecule has 36 nitrogen and oxygen atoms in total. The SMILES string of the molecule is CCCCCCOC(C)C1=C(C)C2=NC1=CC1=NC(=CC3=C(C)C4=C(O)CC(=C5NC(=C2)C(C)[C@@H]5CCC(=O)N(CC(=O)NCCNC(=O)CN2CCN(CC(=O)OC(C)(C)C)CCN(CC(=O)OC(C)(C)C)CCN(CC(=O)OC(C)(C)C)CC2)CC(=O)NCCNC(=O)CN2CCN(CC(=O)OC(C)(C)C)CCN(CC(=O)OC(C)(C)C)CCN(CC(=O)OC(C)(C)C)CC2)C4=N3)C(CC)=C1C. The summed E-state index contributed by atoms with van der Waals surface area (Å²) in [5.74, 6) is -5.73. The fourth-order valence-electron chi connectivity index (χ4n) is 17.7. The Balaban J connectivity index is 1.03. The molecule has 3 fully saturated rings. The number of aliphatic hydroxyl groups excluding tert-OH is 1. The largest absolute Gasteiger partial charge is 0.511 e. The van der Waals surface area contributed by atoms with Crippen LogP contribution in [0.3, 0.4) is 0 Å². The molecule has 0 radical (unpaired) electrons. The highest BCUT2D eigenvalue weighted by molar-refractivity contribution is 6.21. The average Bonchev–Trinajstić information content (AvgIpc) is 1.58. The minimum atomic E-state index is -0.764. The fourth-order valence-corrected chi connectivity index (χ4v) is 17.7. The first-order valence-corrected chi connectivity index (χ1v) is 50.0. The smallest absolute Gasteiger partial charge is 0.320 e. The Morgan fingerprint density at radius 2 is 0.791 bits per heavy atom. The van der Waals surface area contributed by atoms with Gasteiger partial charge in [0, 0.05) is 190 Å². The summed E-state index contributed by atoms with van der Waals surface area (Å²) in [4.78, 5) is 186. The van der Waals surface area contributed by atoms with Crippen molar-refractivity contribution >= 4 is 82.5 Å². The molecule has 5 amide bonds. The van der Waals surface area contributed by atoms with Gasteiger partial charge in [-0.3, -0.25) is 91.9 Å². The molecular weight excluding hydrogens is 1780 g/mol. The van der Waals surface area contributed by atoms with Crippen LogP contribution in [-0.2, 0) is 85.9 Å². The van der Waals surface area contributed by atoms with Gasteiger partial charge in [-0.2, -0.15) is 0 Å². The number of hydrogen-bond acceptors (Lipinski definition) is 31. The number of unbranched alkanes of at least 4 members (excludes halogenated alkanes) is 3. The maximum atomic E-state index is 15.4. The average molecular weight is 1950 g/mol. The number of ether oxygens (including phenoxy) is 7. The molecule has 0 saturated carbocycles. The lowest BCUT2D eigenvalue weighted by molar-refractivity contribution is -0.158. The van der Waals surface area contributed by atoms with E-state index in [4.69, 9.17) is 48.1 Å². The first-order chi connectivity index (χ1) is 65.0. The number of amides is 5. The van der Waals surface area contributed by atoms with E-state index < -0.39 is 118 Å². The van der Waals surface area contributed by atoms with Crippen LogP contribution in [0.5, 0.6) is 0 Å². The summed E-state index contributed by atoms with van der Waals surface area (Å²) in [7, 11) is 0. The van der Waals surface area contributed by atoms with Gasteiger partial charge in [0.05, 0.1) is 92.7 Å². The summed E-state index contributed by atoms with van der Waals surface area (Å²) in [5.41, 5.74) is 7.58. The van der Waals surface area contributed by atoms with Crippen molar-refractivity contribution in [2.75, 3.05) is 203 Å². The second kappa shape index (κ2) is 51.9. The lowest BCUT2D eigenvalue weighted by Crippen LogP contribution is -2.51. The van der Waals surface area contributed by atoms with Crippen molar-refractivity contribution in [3.63, 3.8) is 0 Å². The topological polar surface area (TPSA) is 399 Å². The fraction of sp³-hybridized carbons (Fsp3) is 0.709. The lowest BCUT2D eigenvalue weighted by Gasteiger charge is -2.34. The van der Waals surface area contributed by atoms with E-state index in [1.807, 2.05) is 52.2 Å².